The molecule has 2 N–H and O–H groups in total. The maximum atomic E-state index is 13.1. The predicted molar refractivity (Wildman–Crippen MR) is 80.1 cm³/mol. The minimum absolute atomic E-state index is 0.239. The molecular weight excluding hydrogens is 255 g/mol. The second-order valence-corrected chi connectivity index (χ2v) is 4.71. The van der Waals surface area contributed by atoms with Crippen LogP contribution >= 0.6 is 0 Å². The summed E-state index contributed by atoms with van der Waals surface area (Å²) in [5.41, 5.74) is 2.63. The molecule has 0 aliphatic rings. The summed E-state index contributed by atoms with van der Waals surface area (Å²) in [5.74, 6) is 2.01. The predicted octanol–water partition coefficient (Wildman–Crippen LogP) is 3.72. The largest absolute Gasteiger partial charge is 0.370 e. The molecule has 0 unspecified atom stereocenters. The van der Waals surface area contributed by atoms with Crippen molar-refractivity contribution in [3.63, 3.8) is 0 Å². The topological polar surface area (TPSA) is 49.8 Å². The van der Waals surface area contributed by atoms with E-state index >= 15 is 0 Å². The molecule has 0 atom stereocenters. The van der Waals surface area contributed by atoms with Gasteiger partial charge >= 0.3 is 0 Å². The Morgan fingerprint density at radius 3 is 2.45 bits per heavy atom. The van der Waals surface area contributed by atoms with Crippen LogP contribution in [0.3, 0.4) is 0 Å². The van der Waals surface area contributed by atoms with Crippen molar-refractivity contribution in [1.29, 1.82) is 0 Å². The third-order valence-corrected chi connectivity index (χ3v) is 3.04. The van der Waals surface area contributed by atoms with Crippen LogP contribution in [0, 0.1) is 26.6 Å². The number of benzene rings is 1. The van der Waals surface area contributed by atoms with Gasteiger partial charge in [0.25, 0.3) is 0 Å². The second kappa shape index (κ2) is 5.86. The Kier molecular flexibility index (Phi) is 4.17. The second-order valence-electron chi connectivity index (χ2n) is 4.71. The van der Waals surface area contributed by atoms with Crippen molar-refractivity contribution in [3.8, 4) is 0 Å². The SMILES string of the molecule is CCNc1nc(C)nc(Nc2ccc(F)cc2C)c1C. The Morgan fingerprint density at radius 1 is 1.10 bits per heavy atom. The first-order valence-electron chi connectivity index (χ1n) is 6.63. The normalized spacial score (nSPS) is 10.4. The molecule has 0 saturated heterocycles. The molecule has 2 rings (SSSR count). The third-order valence-electron chi connectivity index (χ3n) is 3.04. The highest BCUT2D eigenvalue weighted by molar-refractivity contribution is 5.66. The molecule has 2 aromatic rings. The molecule has 0 aliphatic heterocycles. The van der Waals surface area contributed by atoms with E-state index in [0.717, 1.165) is 35.0 Å². The molecule has 0 amide bonds. The van der Waals surface area contributed by atoms with Crippen LogP contribution in [0.15, 0.2) is 18.2 Å². The smallest absolute Gasteiger partial charge is 0.139 e. The Balaban J connectivity index is 2.37. The molecule has 0 fully saturated rings. The van der Waals surface area contributed by atoms with E-state index in [1.807, 2.05) is 27.7 Å². The van der Waals surface area contributed by atoms with Crippen LogP contribution in [0.2, 0.25) is 0 Å². The Bertz CT molecular complexity index is 626. The number of rotatable bonds is 4. The van der Waals surface area contributed by atoms with E-state index in [2.05, 4.69) is 20.6 Å². The summed E-state index contributed by atoms with van der Waals surface area (Å²) >= 11 is 0. The Hall–Kier alpha value is -2.17. The van der Waals surface area contributed by atoms with Crippen molar-refractivity contribution in [2.45, 2.75) is 27.7 Å². The van der Waals surface area contributed by atoms with Crippen molar-refractivity contribution in [2.75, 3.05) is 17.2 Å². The quantitative estimate of drug-likeness (QED) is 0.892. The summed E-state index contributed by atoms with van der Waals surface area (Å²) in [4.78, 5) is 8.80. The fourth-order valence-electron chi connectivity index (χ4n) is 1.98. The van der Waals surface area contributed by atoms with E-state index in [4.69, 9.17) is 0 Å². The first-order valence-corrected chi connectivity index (χ1v) is 6.63. The number of nitrogens with one attached hydrogen (secondary N) is 2. The lowest BCUT2D eigenvalue weighted by atomic mass is 10.2. The summed E-state index contributed by atoms with van der Waals surface area (Å²) in [7, 11) is 0. The highest BCUT2D eigenvalue weighted by Crippen LogP contribution is 2.25. The van der Waals surface area contributed by atoms with Gasteiger partial charge in [-0.25, -0.2) is 14.4 Å². The number of aryl methyl sites for hydroxylation is 2. The molecule has 0 radical (unpaired) electrons. The van der Waals surface area contributed by atoms with Crippen molar-refractivity contribution in [3.05, 3.63) is 41.0 Å². The summed E-state index contributed by atoms with van der Waals surface area (Å²) in [5, 5.41) is 6.46. The molecule has 1 heterocycles. The van der Waals surface area contributed by atoms with Crippen molar-refractivity contribution < 1.29 is 4.39 Å². The maximum absolute atomic E-state index is 13.1. The van der Waals surface area contributed by atoms with Gasteiger partial charge in [-0.1, -0.05) is 0 Å². The van der Waals surface area contributed by atoms with E-state index in [0.29, 0.717) is 5.82 Å². The molecule has 20 heavy (non-hydrogen) atoms. The molecule has 0 spiro atoms. The molecule has 0 bridgehead atoms. The average molecular weight is 274 g/mol. The zero-order valence-electron chi connectivity index (χ0n) is 12.2. The maximum Gasteiger partial charge on any atom is 0.139 e. The Labute approximate surface area is 118 Å². The summed E-state index contributed by atoms with van der Waals surface area (Å²) in [6, 6.07) is 4.65. The first kappa shape index (κ1) is 14.2. The molecule has 0 saturated carbocycles. The van der Waals surface area contributed by atoms with E-state index in [1.54, 1.807) is 6.07 Å². The van der Waals surface area contributed by atoms with Crippen LogP contribution in [-0.4, -0.2) is 16.5 Å². The lowest BCUT2D eigenvalue weighted by molar-refractivity contribution is 0.627. The van der Waals surface area contributed by atoms with Crippen LogP contribution in [0.4, 0.5) is 21.7 Å². The molecule has 4 nitrogen and oxygen atoms in total. The van der Waals surface area contributed by atoms with Crippen molar-refractivity contribution in [1.82, 2.24) is 9.97 Å². The van der Waals surface area contributed by atoms with Crippen molar-refractivity contribution in [2.24, 2.45) is 0 Å². The van der Waals surface area contributed by atoms with Crippen LogP contribution in [-0.2, 0) is 0 Å². The van der Waals surface area contributed by atoms with E-state index in [9.17, 15) is 4.39 Å². The monoisotopic (exact) mass is 274 g/mol. The van der Waals surface area contributed by atoms with E-state index in [-0.39, 0.29) is 5.82 Å². The fourth-order valence-corrected chi connectivity index (χ4v) is 1.98. The average Bonchev–Trinajstić information content (AvgIpc) is 2.38. The molecule has 0 aliphatic carbocycles. The summed E-state index contributed by atoms with van der Waals surface area (Å²) < 4.78 is 13.1. The van der Waals surface area contributed by atoms with Crippen LogP contribution < -0.4 is 10.6 Å². The summed E-state index contributed by atoms with van der Waals surface area (Å²) in [6.07, 6.45) is 0. The first-order chi connectivity index (χ1) is 9.51. The fraction of sp³-hybridized carbons (Fsp3) is 0.333. The lowest BCUT2D eigenvalue weighted by Gasteiger charge is -2.14. The Morgan fingerprint density at radius 2 is 1.80 bits per heavy atom. The number of halogens is 1. The van der Waals surface area contributed by atoms with Gasteiger partial charge in [-0.3, -0.25) is 0 Å². The van der Waals surface area contributed by atoms with Gasteiger partial charge in [-0.2, -0.15) is 0 Å². The number of nitrogens with zero attached hydrogens (tertiary/aromatic N) is 2. The number of hydrogen-bond donors (Lipinski definition) is 2. The molecule has 106 valence electrons. The molecule has 1 aromatic heterocycles. The molecule has 5 heteroatoms. The number of anilines is 3. The van der Waals surface area contributed by atoms with Gasteiger partial charge in [0.2, 0.25) is 0 Å². The van der Waals surface area contributed by atoms with Crippen LogP contribution in [0.5, 0.6) is 0 Å². The molecule has 1 aromatic carbocycles. The van der Waals surface area contributed by atoms with Gasteiger partial charge in [-0.15, -0.1) is 0 Å². The zero-order chi connectivity index (χ0) is 14.7. The van der Waals surface area contributed by atoms with Gasteiger partial charge in [0, 0.05) is 17.8 Å². The van der Waals surface area contributed by atoms with Gasteiger partial charge in [0.1, 0.15) is 23.3 Å². The van der Waals surface area contributed by atoms with Crippen molar-refractivity contribution >= 4 is 17.3 Å². The highest BCUT2D eigenvalue weighted by atomic mass is 19.1. The zero-order valence-corrected chi connectivity index (χ0v) is 12.2. The number of hydrogen-bond acceptors (Lipinski definition) is 4. The van der Waals surface area contributed by atoms with Gasteiger partial charge in [0.05, 0.1) is 0 Å². The van der Waals surface area contributed by atoms with Crippen LogP contribution in [0.1, 0.15) is 23.9 Å². The summed E-state index contributed by atoms with van der Waals surface area (Å²) in [6.45, 7) is 8.49. The standard InChI is InChI=1S/C15H19FN4/c1-5-17-14-10(3)15(19-11(4)18-14)20-13-7-6-12(16)8-9(13)2/h6-8H,5H2,1-4H3,(H2,17,18,19,20). The van der Waals surface area contributed by atoms with Gasteiger partial charge in [0.15, 0.2) is 0 Å². The molecular formula is C15H19FN4. The van der Waals surface area contributed by atoms with Gasteiger partial charge in [-0.05, 0) is 51.5 Å². The van der Waals surface area contributed by atoms with Crippen LogP contribution in [0.25, 0.3) is 0 Å². The number of aromatic nitrogens is 2. The highest BCUT2D eigenvalue weighted by Gasteiger charge is 2.10. The minimum Gasteiger partial charge on any atom is -0.370 e. The van der Waals surface area contributed by atoms with Gasteiger partial charge < -0.3 is 10.6 Å². The minimum atomic E-state index is -0.239. The lowest BCUT2D eigenvalue weighted by Crippen LogP contribution is -2.08. The third kappa shape index (κ3) is 3.04. The van der Waals surface area contributed by atoms with E-state index in [1.165, 1.54) is 12.1 Å². The van der Waals surface area contributed by atoms with E-state index < -0.39 is 0 Å².